The van der Waals surface area contributed by atoms with Crippen molar-refractivity contribution < 1.29 is 4.79 Å². The fourth-order valence-corrected chi connectivity index (χ4v) is 1.47. The molecule has 0 aliphatic heterocycles. The van der Waals surface area contributed by atoms with Crippen molar-refractivity contribution >= 4 is 11.6 Å². The Labute approximate surface area is 97.8 Å². The van der Waals surface area contributed by atoms with Crippen LogP contribution in [-0.2, 0) is 13.0 Å². The summed E-state index contributed by atoms with van der Waals surface area (Å²) in [5, 5.41) is 9.32. The molecule has 0 atom stereocenters. The average Bonchev–Trinajstić information content (AvgIpc) is 2.95. The molecule has 0 spiro atoms. The van der Waals surface area contributed by atoms with E-state index in [0.29, 0.717) is 24.5 Å². The number of nitrogens with zero attached hydrogens (tertiary/aromatic N) is 2. The SMILES string of the molecule is CCc1[nH]nc(C(=O)NCc2ncc[nH]2)c1N. The smallest absolute Gasteiger partial charge is 0.274 e. The van der Waals surface area contributed by atoms with Crippen LogP contribution in [0.3, 0.4) is 0 Å². The van der Waals surface area contributed by atoms with Gasteiger partial charge in [0.05, 0.1) is 17.9 Å². The second-order valence-electron chi connectivity index (χ2n) is 3.54. The minimum atomic E-state index is -0.310. The van der Waals surface area contributed by atoms with Gasteiger partial charge in [0.15, 0.2) is 5.69 Å². The number of nitrogens with two attached hydrogens (primary N) is 1. The fourth-order valence-electron chi connectivity index (χ4n) is 1.47. The molecule has 2 aromatic rings. The zero-order valence-electron chi connectivity index (χ0n) is 9.45. The number of aromatic amines is 2. The Morgan fingerprint density at radius 1 is 1.59 bits per heavy atom. The summed E-state index contributed by atoms with van der Waals surface area (Å²) in [4.78, 5) is 18.7. The van der Waals surface area contributed by atoms with Crippen molar-refractivity contribution in [1.29, 1.82) is 0 Å². The number of nitrogens with one attached hydrogen (secondary N) is 3. The summed E-state index contributed by atoms with van der Waals surface area (Å²) in [5.41, 5.74) is 7.19. The van der Waals surface area contributed by atoms with Crippen LogP contribution in [0.25, 0.3) is 0 Å². The number of aryl methyl sites for hydroxylation is 1. The highest BCUT2D eigenvalue weighted by atomic mass is 16.1. The molecule has 90 valence electrons. The molecule has 5 N–H and O–H groups in total. The molecule has 0 fully saturated rings. The number of rotatable bonds is 4. The summed E-state index contributed by atoms with van der Waals surface area (Å²) >= 11 is 0. The molecular formula is C10H14N6O. The molecule has 2 heterocycles. The molecule has 0 unspecified atom stereocenters. The molecular weight excluding hydrogens is 220 g/mol. The van der Waals surface area contributed by atoms with Crippen LogP contribution in [0.2, 0.25) is 0 Å². The van der Waals surface area contributed by atoms with Crippen LogP contribution < -0.4 is 11.1 Å². The highest BCUT2D eigenvalue weighted by Crippen LogP contribution is 2.13. The van der Waals surface area contributed by atoms with Crippen LogP contribution in [0.1, 0.15) is 28.9 Å². The van der Waals surface area contributed by atoms with Crippen LogP contribution in [0.4, 0.5) is 5.69 Å². The molecule has 2 rings (SSSR count). The minimum Gasteiger partial charge on any atom is -0.395 e. The van der Waals surface area contributed by atoms with Gasteiger partial charge in [-0.1, -0.05) is 6.92 Å². The maximum Gasteiger partial charge on any atom is 0.274 e. The largest absolute Gasteiger partial charge is 0.395 e. The lowest BCUT2D eigenvalue weighted by Crippen LogP contribution is -2.24. The zero-order valence-corrected chi connectivity index (χ0v) is 9.45. The quantitative estimate of drug-likeness (QED) is 0.605. The molecule has 2 aromatic heterocycles. The molecule has 17 heavy (non-hydrogen) atoms. The Kier molecular flexibility index (Phi) is 3.08. The molecule has 0 aliphatic rings. The molecule has 0 bridgehead atoms. The van der Waals surface area contributed by atoms with E-state index in [-0.39, 0.29) is 11.6 Å². The van der Waals surface area contributed by atoms with E-state index >= 15 is 0 Å². The van der Waals surface area contributed by atoms with E-state index in [0.717, 1.165) is 5.69 Å². The van der Waals surface area contributed by atoms with Crippen molar-refractivity contribution in [1.82, 2.24) is 25.5 Å². The summed E-state index contributed by atoms with van der Waals surface area (Å²) in [6, 6.07) is 0. The fraction of sp³-hybridized carbons (Fsp3) is 0.300. The Hall–Kier alpha value is -2.31. The molecule has 1 amide bonds. The lowest BCUT2D eigenvalue weighted by molar-refractivity contribution is 0.0946. The van der Waals surface area contributed by atoms with Gasteiger partial charge in [-0.25, -0.2) is 4.98 Å². The lowest BCUT2D eigenvalue weighted by atomic mass is 10.2. The predicted molar refractivity (Wildman–Crippen MR) is 62.1 cm³/mol. The topological polar surface area (TPSA) is 112 Å². The third-order valence-electron chi connectivity index (χ3n) is 2.42. The Morgan fingerprint density at radius 2 is 2.41 bits per heavy atom. The van der Waals surface area contributed by atoms with E-state index in [9.17, 15) is 4.79 Å². The number of aromatic nitrogens is 4. The molecule has 0 saturated carbocycles. The minimum absolute atomic E-state index is 0.230. The molecule has 7 nitrogen and oxygen atoms in total. The summed E-state index contributed by atoms with van der Waals surface area (Å²) in [6.07, 6.45) is 4.03. The molecule has 0 aromatic carbocycles. The van der Waals surface area contributed by atoms with Crippen molar-refractivity contribution in [3.63, 3.8) is 0 Å². The van der Waals surface area contributed by atoms with Crippen molar-refractivity contribution in [3.8, 4) is 0 Å². The van der Waals surface area contributed by atoms with Crippen LogP contribution in [0, 0.1) is 0 Å². The number of nitrogen functional groups attached to an aromatic ring is 1. The van der Waals surface area contributed by atoms with Gasteiger partial charge < -0.3 is 16.0 Å². The first-order valence-corrected chi connectivity index (χ1v) is 5.31. The van der Waals surface area contributed by atoms with Gasteiger partial charge >= 0.3 is 0 Å². The van der Waals surface area contributed by atoms with Crippen molar-refractivity contribution in [2.24, 2.45) is 0 Å². The molecule has 7 heteroatoms. The summed E-state index contributed by atoms with van der Waals surface area (Å²) in [5.74, 6) is 0.373. The second-order valence-corrected chi connectivity index (χ2v) is 3.54. The van der Waals surface area contributed by atoms with Gasteiger partial charge in [0.2, 0.25) is 0 Å². The first-order chi connectivity index (χ1) is 8.22. The maximum absolute atomic E-state index is 11.8. The van der Waals surface area contributed by atoms with Gasteiger partial charge in [-0.15, -0.1) is 0 Å². The Bertz CT molecular complexity index is 501. The zero-order chi connectivity index (χ0) is 12.3. The van der Waals surface area contributed by atoms with Crippen LogP contribution >= 0.6 is 0 Å². The van der Waals surface area contributed by atoms with E-state index in [1.165, 1.54) is 0 Å². The van der Waals surface area contributed by atoms with Crippen molar-refractivity contribution in [3.05, 3.63) is 29.6 Å². The summed E-state index contributed by atoms with van der Waals surface area (Å²) in [6.45, 7) is 2.26. The van der Waals surface area contributed by atoms with Gasteiger partial charge in [0, 0.05) is 12.4 Å². The summed E-state index contributed by atoms with van der Waals surface area (Å²) in [7, 11) is 0. The van der Waals surface area contributed by atoms with Gasteiger partial charge in [-0.3, -0.25) is 9.89 Å². The second kappa shape index (κ2) is 4.69. The average molecular weight is 234 g/mol. The lowest BCUT2D eigenvalue weighted by Gasteiger charge is -2.01. The van der Waals surface area contributed by atoms with Crippen molar-refractivity contribution in [2.45, 2.75) is 19.9 Å². The number of anilines is 1. The first kappa shape index (κ1) is 11.2. The highest BCUT2D eigenvalue weighted by molar-refractivity contribution is 5.97. The van der Waals surface area contributed by atoms with E-state index in [2.05, 4.69) is 25.5 Å². The number of amides is 1. The monoisotopic (exact) mass is 234 g/mol. The van der Waals surface area contributed by atoms with Gasteiger partial charge in [0.1, 0.15) is 5.82 Å². The third-order valence-corrected chi connectivity index (χ3v) is 2.42. The molecule has 0 saturated heterocycles. The maximum atomic E-state index is 11.8. The Morgan fingerprint density at radius 3 is 3.00 bits per heavy atom. The van der Waals surface area contributed by atoms with E-state index in [1.54, 1.807) is 12.4 Å². The normalized spacial score (nSPS) is 10.4. The van der Waals surface area contributed by atoms with Crippen LogP contribution in [-0.4, -0.2) is 26.1 Å². The molecule has 0 aliphatic carbocycles. The van der Waals surface area contributed by atoms with E-state index in [1.807, 2.05) is 6.92 Å². The van der Waals surface area contributed by atoms with E-state index < -0.39 is 0 Å². The number of H-pyrrole nitrogens is 2. The van der Waals surface area contributed by atoms with Gasteiger partial charge in [-0.05, 0) is 6.42 Å². The third kappa shape index (κ3) is 2.27. The summed E-state index contributed by atoms with van der Waals surface area (Å²) < 4.78 is 0. The predicted octanol–water partition coefficient (Wildman–Crippen LogP) is 0.207. The Balaban J connectivity index is 2.02. The van der Waals surface area contributed by atoms with Gasteiger partial charge in [0.25, 0.3) is 5.91 Å². The highest BCUT2D eigenvalue weighted by Gasteiger charge is 2.16. The number of carbonyl (C=O) groups excluding carboxylic acids is 1. The number of carbonyl (C=O) groups is 1. The van der Waals surface area contributed by atoms with Crippen LogP contribution in [0.15, 0.2) is 12.4 Å². The standard InChI is InChI=1S/C10H14N6O/c1-2-6-8(11)9(16-15-6)10(17)14-5-7-12-3-4-13-7/h3-4H,2,5,11H2,1H3,(H,12,13)(H,14,17)(H,15,16). The molecule has 0 radical (unpaired) electrons. The van der Waals surface area contributed by atoms with Crippen molar-refractivity contribution in [2.75, 3.05) is 5.73 Å². The number of hydrogen-bond acceptors (Lipinski definition) is 4. The van der Waals surface area contributed by atoms with Gasteiger partial charge in [-0.2, -0.15) is 5.10 Å². The number of imidazole rings is 1. The number of hydrogen-bond donors (Lipinski definition) is 4. The van der Waals surface area contributed by atoms with E-state index in [4.69, 9.17) is 5.73 Å². The first-order valence-electron chi connectivity index (χ1n) is 5.31. The van der Waals surface area contributed by atoms with Crippen LogP contribution in [0.5, 0.6) is 0 Å².